The second-order valence-electron chi connectivity index (χ2n) is 3.01. The average molecular weight is 176 g/mol. The van der Waals surface area contributed by atoms with E-state index in [0.717, 1.165) is 25.9 Å². The lowest BCUT2D eigenvalue weighted by Crippen LogP contribution is -2.27. The lowest BCUT2D eigenvalue weighted by Gasteiger charge is -2.13. The minimum Gasteiger partial charge on any atom is -0.341 e. The van der Waals surface area contributed by atoms with Gasteiger partial charge in [-0.25, -0.2) is 0 Å². The predicted molar refractivity (Wildman–Crippen MR) is 45.7 cm³/mol. The molecule has 1 atom stereocenters. The Balaban J connectivity index is 2.38. The number of carbonyl (C=O) groups excluding carboxylic acids is 1. The zero-order valence-corrected chi connectivity index (χ0v) is 7.60. The van der Waals surface area contributed by atoms with Gasteiger partial charge in [0.2, 0.25) is 5.91 Å². The van der Waals surface area contributed by atoms with Crippen LogP contribution in [0.25, 0.3) is 0 Å². The predicted octanol–water partition coefficient (Wildman–Crippen LogP) is 1.48. The second-order valence-corrected chi connectivity index (χ2v) is 3.39. The normalized spacial score (nSPS) is 24.7. The van der Waals surface area contributed by atoms with E-state index >= 15 is 0 Å². The van der Waals surface area contributed by atoms with Crippen LogP contribution in [0.1, 0.15) is 19.8 Å². The van der Waals surface area contributed by atoms with E-state index in [0.29, 0.717) is 11.8 Å². The van der Waals surface area contributed by atoms with Gasteiger partial charge in [0.1, 0.15) is 0 Å². The van der Waals surface area contributed by atoms with Crippen LogP contribution in [0.4, 0.5) is 0 Å². The molecule has 2 nitrogen and oxygen atoms in total. The maximum Gasteiger partial charge on any atom is 0.222 e. The molecule has 1 amide bonds. The summed E-state index contributed by atoms with van der Waals surface area (Å²) in [6.07, 6.45) is 1.83. The molecule has 1 aliphatic heterocycles. The molecule has 11 heavy (non-hydrogen) atoms. The van der Waals surface area contributed by atoms with Crippen LogP contribution < -0.4 is 0 Å². The van der Waals surface area contributed by atoms with Crippen LogP contribution in [0.5, 0.6) is 0 Å². The SMILES string of the molecule is CCC1CC(=O)N(CCCl)C1. The molecule has 1 fully saturated rings. The van der Waals surface area contributed by atoms with E-state index in [4.69, 9.17) is 11.6 Å². The lowest BCUT2D eigenvalue weighted by molar-refractivity contribution is -0.127. The molecule has 1 saturated heterocycles. The summed E-state index contributed by atoms with van der Waals surface area (Å²) in [5.74, 6) is 1.41. The number of nitrogens with zero attached hydrogens (tertiary/aromatic N) is 1. The highest BCUT2D eigenvalue weighted by molar-refractivity contribution is 6.18. The molecule has 0 radical (unpaired) electrons. The Morgan fingerprint density at radius 1 is 1.73 bits per heavy atom. The van der Waals surface area contributed by atoms with Gasteiger partial charge in [0, 0.05) is 25.4 Å². The van der Waals surface area contributed by atoms with Crippen LogP contribution in [0.15, 0.2) is 0 Å². The maximum absolute atomic E-state index is 11.2. The van der Waals surface area contributed by atoms with Crippen molar-refractivity contribution in [3.05, 3.63) is 0 Å². The molecule has 0 aromatic rings. The van der Waals surface area contributed by atoms with E-state index in [1.807, 2.05) is 4.90 Å². The molecule has 0 saturated carbocycles. The molecule has 0 aliphatic carbocycles. The first-order valence-corrected chi connectivity index (χ1v) is 4.65. The summed E-state index contributed by atoms with van der Waals surface area (Å²) in [6, 6.07) is 0. The van der Waals surface area contributed by atoms with Gasteiger partial charge in [-0.05, 0) is 5.92 Å². The fourth-order valence-corrected chi connectivity index (χ4v) is 1.65. The molecular weight excluding hydrogens is 162 g/mol. The van der Waals surface area contributed by atoms with E-state index in [1.165, 1.54) is 0 Å². The van der Waals surface area contributed by atoms with Crippen molar-refractivity contribution < 1.29 is 4.79 Å². The highest BCUT2D eigenvalue weighted by atomic mass is 35.5. The first-order valence-electron chi connectivity index (χ1n) is 4.11. The highest BCUT2D eigenvalue weighted by Crippen LogP contribution is 2.19. The highest BCUT2D eigenvalue weighted by Gasteiger charge is 2.27. The number of amides is 1. The van der Waals surface area contributed by atoms with Crippen molar-refractivity contribution in [2.24, 2.45) is 5.92 Å². The van der Waals surface area contributed by atoms with Crippen molar-refractivity contribution in [1.82, 2.24) is 4.90 Å². The van der Waals surface area contributed by atoms with Crippen molar-refractivity contribution in [2.45, 2.75) is 19.8 Å². The number of halogens is 1. The topological polar surface area (TPSA) is 20.3 Å². The van der Waals surface area contributed by atoms with Gasteiger partial charge in [-0.15, -0.1) is 11.6 Å². The Morgan fingerprint density at radius 2 is 2.45 bits per heavy atom. The zero-order chi connectivity index (χ0) is 8.27. The summed E-state index contributed by atoms with van der Waals surface area (Å²) in [4.78, 5) is 13.1. The van der Waals surface area contributed by atoms with Crippen molar-refractivity contribution in [3.8, 4) is 0 Å². The molecule has 0 N–H and O–H groups in total. The van der Waals surface area contributed by atoms with Crippen molar-refractivity contribution in [1.29, 1.82) is 0 Å². The standard InChI is InChI=1S/C8H14ClNO/c1-2-7-5-8(11)10(6-7)4-3-9/h7H,2-6H2,1H3. The molecule has 1 rings (SSSR count). The Bertz CT molecular complexity index is 149. The summed E-state index contributed by atoms with van der Waals surface area (Å²) in [5, 5.41) is 0. The Labute approximate surface area is 72.5 Å². The van der Waals surface area contributed by atoms with Gasteiger partial charge >= 0.3 is 0 Å². The van der Waals surface area contributed by atoms with Crippen LogP contribution in [-0.2, 0) is 4.79 Å². The largest absolute Gasteiger partial charge is 0.341 e. The monoisotopic (exact) mass is 175 g/mol. The average Bonchev–Trinajstić information content (AvgIpc) is 2.33. The third kappa shape index (κ3) is 2.09. The Kier molecular flexibility index (Phi) is 3.18. The van der Waals surface area contributed by atoms with Gasteiger partial charge in [0.15, 0.2) is 0 Å². The molecule has 3 heteroatoms. The number of rotatable bonds is 3. The molecule has 0 aromatic carbocycles. The molecule has 1 heterocycles. The number of hydrogen-bond donors (Lipinski definition) is 0. The first-order chi connectivity index (χ1) is 5.27. The molecular formula is C8H14ClNO. The van der Waals surface area contributed by atoms with Crippen molar-refractivity contribution in [2.75, 3.05) is 19.0 Å². The third-order valence-electron chi connectivity index (χ3n) is 2.23. The second kappa shape index (κ2) is 3.96. The van der Waals surface area contributed by atoms with E-state index in [-0.39, 0.29) is 5.91 Å². The summed E-state index contributed by atoms with van der Waals surface area (Å²) in [7, 11) is 0. The van der Waals surface area contributed by atoms with Crippen LogP contribution in [-0.4, -0.2) is 29.8 Å². The quantitative estimate of drug-likeness (QED) is 0.596. The number of likely N-dealkylation sites (tertiary alicyclic amines) is 1. The van der Waals surface area contributed by atoms with Crippen molar-refractivity contribution in [3.63, 3.8) is 0 Å². The fourth-order valence-electron chi connectivity index (χ4n) is 1.45. The fraction of sp³-hybridized carbons (Fsp3) is 0.875. The van der Waals surface area contributed by atoms with Crippen LogP contribution in [0.3, 0.4) is 0 Å². The third-order valence-corrected chi connectivity index (χ3v) is 2.40. The lowest BCUT2D eigenvalue weighted by atomic mass is 10.1. The number of alkyl halides is 1. The van der Waals surface area contributed by atoms with E-state index < -0.39 is 0 Å². The maximum atomic E-state index is 11.2. The van der Waals surface area contributed by atoms with Gasteiger partial charge in [-0.2, -0.15) is 0 Å². The molecule has 0 spiro atoms. The zero-order valence-electron chi connectivity index (χ0n) is 6.85. The minimum absolute atomic E-state index is 0.275. The molecule has 0 aromatic heterocycles. The van der Waals surface area contributed by atoms with Gasteiger partial charge < -0.3 is 4.90 Å². The number of carbonyl (C=O) groups is 1. The van der Waals surface area contributed by atoms with Crippen molar-refractivity contribution >= 4 is 17.5 Å². The summed E-state index contributed by atoms with van der Waals surface area (Å²) >= 11 is 5.54. The van der Waals surface area contributed by atoms with Gasteiger partial charge in [-0.1, -0.05) is 13.3 Å². The van der Waals surface area contributed by atoms with Gasteiger partial charge in [-0.3, -0.25) is 4.79 Å². The van der Waals surface area contributed by atoms with Gasteiger partial charge in [0.05, 0.1) is 0 Å². The summed E-state index contributed by atoms with van der Waals surface area (Å²) < 4.78 is 0. The van der Waals surface area contributed by atoms with E-state index in [1.54, 1.807) is 0 Å². The van der Waals surface area contributed by atoms with Crippen LogP contribution >= 0.6 is 11.6 Å². The van der Waals surface area contributed by atoms with Crippen LogP contribution in [0.2, 0.25) is 0 Å². The molecule has 1 aliphatic rings. The van der Waals surface area contributed by atoms with E-state index in [9.17, 15) is 4.79 Å². The molecule has 1 unspecified atom stereocenters. The summed E-state index contributed by atoms with van der Waals surface area (Å²) in [6.45, 7) is 3.76. The van der Waals surface area contributed by atoms with Gasteiger partial charge in [0.25, 0.3) is 0 Å². The van der Waals surface area contributed by atoms with E-state index in [2.05, 4.69) is 6.92 Å². The first kappa shape index (κ1) is 8.85. The molecule has 64 valence electrons. The minimum atomic E-state index is 0.275. The molecule has 0 bridgehead atoms. The smallest absolute Gasteiger partial charge is 0.222 e. The summed E-state index contributed by atoms with van der Waals surface area (Å²) in [5.41, 5.74) is 0. The Morgan fingerprint density at radius 3 is 2.91 bits per heavy atom. The number of hydrogen-bond acceptors (Lipinski definition) is 1. The Hall–Kier alpha value is -0.240. The van der Waals surface area contributed by atoms with Crippen LogP contribution in [0, 0.1) is 5.92 Å².